The van der Waals surface area contributed by atoms with Gasteiger partial charge in [-0.25, -0.2) is 0 Å². The molecule has 1 heterocycles. The van der Waals surface area contributed by atoms with E-state index in [0.717, 1.165) is 16.9 Å². The zero-order valence-electron chi connectivity index (χ0n) is 18.5. The summed E-state index contributed by atoms with van der Waals surface area (Å²) in [4.78, 5) is 40.4. The smallest absolute Gasteiger partial charge is 0.224 e. The molecule has 0 aromatic heterocycles. The highest BCUT2D eigenvalue weighted by Crippen LogP contribution is 2.40. The average Bonchev–Trinajstić information content (AvgIpc) is 3.00. The normalized spacial score (nSPS) is 12.2. The molecular formula is C24H25N5O3. The molecule has 2 aromatic carbocycles. The lowest BCUT2D eigenvalue weighted by Crippen LogP contribution is -2.26. The molecule has 0 spiro atoms. The van der Waals surface area contributed by atoms with Crippen LogP contribution in [0.4, 0.5) is 22.7 Å². The van der Waals surface area contributed by atoms with Crippen molar-refractivity contribution in [3.63, 3.8) is 0 Å². The molecule has 0 atom stereocenters. The van der Waals surface area contributed by atoms with E-state index < -0.39 is 5.78 Å². The van der Waals surface area contributed by atoms with Gasteiger partial charge in [-0.05, 0) is 36.8 Å². The molecular weight excluding hydrogens is 406 g/mol. The highest BCUT2D eigenvalue weighted by molar-refractivity contribution is 6.05. The van der Waals surface area contributed by atoms with E-state index in [0.29, 0.717) is 17.2 Å². The van der Waals surface area contributed by atoms with Crippen molar-refractivity contribution in [1.82, 2.24) is 0 Å². The van der Waals surface area contributed by atoms with Crippen LogP contribution in [0.25, 0.3) is 0 Å². The molecule has 2 N–H and O–H groups in total. The number of carbonyl (C=O) groups excluding carboxylic acids is 3. The Bertz CT molecular complexity index is 1130. The van der Waals surface area contributed by atoms with Crippen molar-refractivity contribution in [2.45, 2.75) is 26.7 Å². The Morgan fingerprint density at radius 1 is 0.938 bits per heavy atom. The number of hydrogen-bond donors (Lipinski definition) is 2. The van der Waals surface area contributed by atoms with Gasteiger partial charge in [-0.15, -0.1) is 0 Å². The van der Waals surface area contributed by atoms with E-state index in [1.54, 1.807) is 36.0 Å². The number of ketones is 1. The third-order valence-electron chi connectivity index (χ3n) is 5.19. The van der Waals surface area contributed by atoms with Gasteiger partial charge in [-0.2, -0.15) is 5.26 Å². The van der Waals surface area contributed by atoms with Crippen LogP contribution in [-0.4, -0.2) is 31.7 Å². The number of hydrogen-bond acceptors (Lipinski definition) is 6. The second-order valence-corrected chi connectivity index (χ2v) is 7.62. The van der Waals surface area contributed by atoms with Gasteiger partial charge in [-0.1, -0.05) is 18.2 Å². The SMILES string of the molecule is CC(=O)Nc1ccc(C)cc1NC(=O)CCC(=O)C(C#N)=C1N(C)c2ccccc2N1C. The highest BCUT2D eigenvalue weighted by Gasteiger charge is 2.31. The molecule has 8 heteroatoms. The van der Waals surface area contributed by atoms with E-state index in [4.69, 9.17) is 0 Å². The minimum absolute atomic E-state index is 0.00786. The first-order chi connectivity index (χ1) is 15.2. The van der Waals surface area contributed by atoms with Crippen LogP contribution in [0, 0.1) is 18.3 Å². The van der Waals surface area contributed by atoms with E-state index in [1.165, 1.54) is 6.92 Å². The fourth-order valence-electron chi connectivity index (χ4n) is 3.68. The Kier molecular flexibility index (Phi) is 6.59. The Morgan fingerprint density at radius 3 is 2.12 bits per heavy atom. The maximum absolute atomic E-state index is 12.9. The van der Waals surface area contributed by atoms with Crippen LogP contribution in [0.15, 0.2) is 53.9 Å². The van der Waals surface area contributed by atoms with Crippen LogP contribution in [0.5, 0.6) is 0 Å². The number of aryl methyl sites for hydroxylation is 1. The van der Waals surface area contributed by atoms with Gasteiger partial charge in [0, 0.05) is 33.9 Å². The van der Waals surface area contributed by atoms with Gasteiger partial charge >= 0.3 is 0 Å². The second-order valence-electron chi connectivity index (χ2n) is 7.62. The fraction of sp³-hybridized carbons (Fsp3) is 0.250. The lowest BCUT2D eigenvalue weighted by Gasteiger charge is -2.20. The number of carbonyl (C=O) groups is 3. The van der Waals surface area contributed by atoms with Crippen molar-refractivity contribution in [3.05, 3.63) is 59.4 Å². The Hall–Kier alpha value is -4.12. The molecule has 2 aromatic rings. The van der Waals surface area contributed by atoms with Gasteiger partial charge < -0.3 is 20.4 Å². The number of nitrogens with zero attached hydrogens (tertiary/aromatic N) is 3. The summed E-state index contributed by atoms with van der Waals surface area (Å²) < 4.78 is 0. The van der Waals surface area contributed by atoms with Crippen LogP contribution >= 0.6 is 0 Å². The summed E-state index contributed by atoms with van der Waals surface area (Å²) in [6.07, 6.45) is -0.206. The second kappa shape index (κ2) is 9.35. The summed E-state index contributed by atoms with van der Waals surface area (Å²) in [5.41, 5.74) is 3.65. The van der Waals surface area contributed by atoms with Crippen molar-refractivity contribution in [1.29, 1.82) is 5.26 Å². The van der Waals surface area contributed by atoms with Crippen molar-refractivity contribution in [2.75, 3.05) is 34.5 Å². The minimum atomic E-state index is -0.407. The first kappa shape index (κ1) is 22.6. The monoisotopic (exact) mass is 431 g/mol. The number of fused-ring (bicyclic) bond motifs is 1. The largest absolute Gasteiger partial charge is 0.328 e. The van der Waals surface area contributed by atoms with Gasteiger partial charge in [0.1, 0.15) is 17.5 Å². The molecule has 164 valence electrons. The number of Topliss-reactive ketones (excluding diaryl/α,β-unsaturated/α-hetero) is 1. The third kappa shape index (κ3) is 4.62. The summed E-state index contributed by atoms with van der Waals surface area (Å²) >= 11 is 0. The van der Waals surface area contributed by atoms with E-state index in [2.05, 4.69) is 10.6 Å². The number of anilines is 4. The maximum atomic E-state index is 12.9. The van der Waals surface area contributed by atoms with Gasteiger partial charge in [0.15, 0.2) is 5.78 Å². The predicted octanol–water partition coefficient (Wildman–Crippen LogP) is 3.56. The van der Waals surface area contributed by atoms with Crippen LogP contribution in [0.2, 0.25) is 0 Å². The van der Waals surface area contributed by atoms with Crippen molar-refractivity contribution in [2.24, 2.45) is 0 Å². The van der Waals surface area contributed by atoms with E-state index in [9.17, 15) is 19.6 Å². The number of benzene rings is 2. The molecule has 2 amide bonds. The number of nitrogens with one attached hydrogen (secondary N) is 2. The van der Waals surface area contributed by atoms with E-state index >= 15 is 0 Å². The number of rotatable bonds is 6. The van der Waals surface area contributed by atoms with Crippen molar-refractivity contribution < 1.29 is 14.4 Å². The fourth-order valence-corrected chi connectivity index (χ4v) is 3.68. The lowest BCUT2D eigenvalue weighted by molar-refractivity contribution is -0.120. The number of nitriles is 1. The third-order valence-corrected chi connectivity index (χ3v) is 5.19. The van der Waals surface area contributed by atoms with E-state index in [1.807, 2.05) is 43.3 Å². The molecule has 1 aliphatic rings. The van der Waals surface area contributed by atoms with Gasteiger partial charge in [0.25, 0.3) is 0 Å². The summed E-state index contributed by atoms with van der Waals surface area (Å²) in [6, 6.07) is 14.9. The number of para-hydroxylation sites is 2. The minimum Gasteiger partial charge on any atom is -0.328 e. The molecule has 0 unspecified atom stereocenters. The van der Waals surface area contributed by atoms with Crippen LogP contribution in [-0.2, 0) is 14.4 Å². The molecule has 1 aliphatic heterocycles. The quantitative estimate of drug-likeness (QED) is 0.535. The van der Waals surface area contributed by atoms with Gasteiger partial charge in [0.2, 0.25) is 11.8 Å². The molecule has 8 nitrogen and oxygen atoms in total. The predicted molar refractivity (Wildman–Crippen MR) is 124 cm³/mol. The van der Waals surface area contributed by atoms with Gasteiger partial charge in [-0.3, -0.25) is 14.4 Å². The Labute approximate surface area is 187 Å². The zero-order chi connectivity index (χ0) is 23.4. The summed E-state index contributed by atoms with van der Waals surface area (Å²) in [6.45, 7) is 3.26. The van der Waals surface area contributed by atoms with E-state index in [-0.39, 0.29) is 30.2 Å². The molecule has 32 heavy (non-hydrogen) atoms. The van der Waals surface area contributed by atoms with Gasteiger partial charge in [0.05, 0.1) is 22.7 Å². The maximum Gasteiger partial charge on any atom is 0.224 e. The Balaban J connectivity index is 1.73. The first-order valence-corrected chi connectivity index (χ1v) is 10.1. The molecule has 3 rings (SSSR count). The average molecular weight is 431 g/mol. The number of allylic oxidation sites excluding steroid dienone is 1. The zero-order valence-corrected chi connectivity index (χ0v) is 18.5. The summed E-state index contributed by atoms with van der Waals surface area (Å²) in [5, 5.41) is 15.1. The van der Waals surface area contributed by atoms with Crippen molar-refractivity contribution >= 4 is 40.3 Å². The first-order valence-electron chi connectivity index (χ1n) is 10.1. The summed E-state index contributed by atoms with van der Waals surface area (Å²) in [5.74, 6) is -0.550. The highest BCUT2D eigenvalue weighted by atomic mass is 16.2. The molecule has 0 bridgehead atoms. The van der Waals surface area contributed by atoms with Crippen LogP contribution in [0.1, 0.15) is 25.3 Å². The molecule has 0 saturated carbocycles. The Morgan fingerprint density at radius 2 is 1.56 bits per heavy atom. The van der Waals surface area contributed by atoms with Crippen LogP contribution < -0.4 is 20.4 Å². The lowest BCUT2D eigenvalue weighted by atomic mass is 10.1. The number of amides is 2. The molecule has 0 saturated heterocycles. The molecule has 0 radical (unpaired) electrons. The molecule has 0 aliphatic carbocycles. The molecule has 0 fully saturated rings. The topological polar surface area (TPSA) is 106 Å². The summed E-state index contributed by atoms with van der Waals surface area (Å²) in [7, 11) is 3.60. The standard InChI is InChI=1S/C24H25N5O3/c1-15-9-10-18(26-16(2)30)19(13-15)27-23(32)12-11-22(31)17(14-25)24-28(3)20-7-5-6-8-21(20)29(24)4/h5-10,13H,11-12H2,1-4H3,(H,26,30)(H,27,32). The van der Waals surface area contributed by atoms with Crippen molar-refractivity contribution in [3.8, 4) is 6.07 Å². The van der Waals surface area contributed by atoms with Crippen LogP contribution in [0.3, 0.4) is 0 Å².